The normalized spacial score (nSPS) is 12.8. The third kappa shape index (κ3) is 1.20. The number of aromatic hydroxyl groups is 1. The van der Waals surface area contributed by atoms with E-state index < -0.39 is 0 Å². The van der Waals surface area contributed by atoms with Crippen LogP contribution in [0.15, 0.2) is 42.5 Å². The second-order valence-corrected chi connectivity index (χ2v) is 4.98. The number of hydrogen-bond acceptors (Lipinski definition) is 2. The Kier molecular flexibility index (Phi) is 1.90. The second kappa shape index (κ2) is 3.39. The number of nitrogens with zero attached hydrogens (tertiary/aromatic N) is 1. The fourth-order valence-corrected chi connectivity index (χ4v) is 2.86. The molecule has 92 valence electrons. The average molecular weight is 270 g/mol. The predicted octanol–water partition coefficient (Wildman–Crippen LogP) is 3.53. The van der Waals surface area contributed by atoms with Gasteiger partial charge in [0.15, 0.2) is 5.75 Å². The van der Waals surface area contributed by atoms with Gasteiger partial charge in [-0.2, -0.15) is 0 Å². The van der Waals surface area contributed by atoms with Gasteiger partial charge in [-0.05, 0) is 30.3 Å². The van der Waals surface area contributed by atoms with Gasteiger partial charge in [-0.1, -0.05) is 23.7 Å². The number of aromatic nitrogens is 1. The number of para-hydroxylation sites is 1. The van der Waals surface area contributed by atoms with Gasteiger partial charge >= 0.3 is 0 Å². The lowest BCUT2D eigenvalue weighted by atomic mass is 10.1. The molecule has 2 heterocycles. The van der Waals surface area contributed by atoms with Crippen molar-refractivity contribution in [3.63, 3.8) is 0 Å². The number of fused-ring (bicyclic) bond motifs is 5. The molecule has 0 saturated carbocycles. The largest absolute Gasteiger partial charge is 0.505 e. The van der Waals surface area contributed by atoms with Gasteiger partial charge in [0.2, 0.25) is 5.78 Å². The summed E-state index contributed by atoms with van der Waals surface area (Å²) in [7, 11) is 0. The van der Waals surface area contributed by atoms with Crippen molar-refractivity contribution in [1.82, 2.24) is 4.57 Å². The zero-order valence-corrected chi connectivity index (χ0v) is 10.5. The fourth-order valence-electron chi connectivity index (χ4n) is 2.69. The van der Waals surface area contributed by atoms with Crippen molar-refractivity contribution in [2.45, 2.75) is 0 Å². The van der Waals surface area contributed by atoms with Crippen LogP contribution in [0, 0.1) is 0 Å². The number of halogens is 1. The van der Waals surface area contributed by atoms with Crippen molar-refractivity contribution >= 4 is 28.3 Å². The van der Waals surface area contributed by atoms with Crippen molar-refractivity contribution in [3.8, 4) is 11.4 Å². The molecule has 2 aromatic carbocycles. The molecule has 0 radical (unpaired) electrons. The number of carbonyl (C=O) groups excluding carboxylic acids is 1. The Hall–Kier alpha value is -2.26. The molecule has 0 fully saturated rings. The van der Waals surface area contributed by atoms with Gasteiger partial charge in [-0.25, -0.2) is 0 Å². The molecular formula is C15H8ClNO2. The molecule has 0 aliphatic carbocycles. The lowest BCUT2D eigenvalue weighted by Crippen LogP contribution is -1.95. The van der Waals surface area contributed by atoms with E-state index in [2.05, 4.69) is 0 Å². The van der Waals surface area contributed by atoms with E-state index in [1.54, 1.807) is 28.8 Å². The van der Waals surface area contributed by atoms with E-state index in [1.807, 2.05) is 18.2 Å². The molecule has 19 heavy (non-hydrogen) atoms. The summed E-state index contributed by atoms with van der Waals surface area (Å²) in [6.45, 7) is 0. The highest BCUT2D eigenvalue weighted by atomic mass is 35.5. The molecule has 0 bridgehead atoms. The van der Waals surface area contributed by atoms with Crippen LogP contribution in [0.5, 0.6) is 5.75 Å². The van der Waals surface area contributed by atoms with Crippen LogP contribution in [0.3, 0.4) is 0 Å². The Morgan fingerprint density at radius 3 is 2.74 bits per heavy atom. The van der Waals surface area contributed by atoms with Crippen LogP contribution in [-0.4, -0.2) is 15.5 Å². The van der Waals surface area contributed by atoms with Crippen LogP contribution in [0.1, 0.15) is 16.1 Å². The van der Waals surface area contributed by atoms with Gasteiger partial charge in [0, 0.05) is 16.0 Å². The van der Waals surface area contributed by atoms with Crippen molar-refractivity contribution in [1.29, 1.82) is 0 Å². The summed E-state index contributed by atoms with van der Waals surface area (Å²) >= 11 is 6.01. The highest BCUT2D eigenvalue weighted by Crippen LogP contribution is 2.41. The molecule has 4 heteroatoms. The Bertz CT molecular complexity index is 864. The summed E-state index contributed by atoms with van der Waals surface area (Å²) in [5.41, 5.74) is 2.42. The maximum Gasteiger partial charge on any atom is 0.215 e. The number of rotatable bonds is 0. The molecule has 0 atom stereocenters. The van der Waals surface area contributed by atoms with Crippen molar-refractivity contribution in [2.24, 2.45) is 0 Å². The minimum atomic E-state index is -0.166. The van der Waals surface area contributed by atoms with Gasteiger partial charge in [0.05, 0.1) is 11.2 Å². The standard InChI is InChI=1S/C15H8ClNO2/c16-8-5-6-10-12(7-8)17-11-4-2-1-3-9(11)14(18)13(17)15(10)19/h1-7,18H. The maximum atomic E-state index is 12.4. The van der Waals surface area contributed by atoms with Crippen LogP contribution in [0.4, 0.5) is 0 Å². The lowest BCUT2D eigenvalue weighted by molar-refractivity contribution is 0.103. The van der Waals surface area contributed by atoms with Crippen molar-refractivity contribution < 1.29 is 9.90 Å². The third-order valence-corrected chi connectivity index (χ3v) is 3.74. The zero-order valence-electron chi connectivity index (χ0n) is 9.72. The van der Waals surface area contributed by atoms with E-state index in [0.29, 0.717) is 21.7 Å². The van der Waals surface area contributed by atoms with E-state index in [4.69, 9.17) is 11.6 Å². The van der Waals surface area contributed by atoms with Crippen molar-refractivity contribution in [2.75, 3.05) is 0 Å². The Morgan fingerprint density at radius 2 is 1.89 bits per heavy atom. The van der Waals surface area contributed by atoms with Gasteiger partial charge in [-0.15, -0.1) is 0 Å². The van der Waals surface area contributed by atoms with Crippen LogP contribution >= 0.6 is 11.6 Å². The maximum absolute atomic E-state index is 12.4. The Labute approximate surface area is 113 Å². The van der Waals surface area contributed by atoms with Crippen molar-refractivity contribution in [3.05, 3.63) is 58.7 Å². The quantitative estimate of drug-likeness (QED) is 0.531. The van der Waals surface area contributed by atoms with Gasteiger partial charge in [-0.3, -0.25) is 4.79 Å². The van der Waals surface area contributed by atoms with E-state index in [9.17, 15) is 9.90 Å². The van der Waals surface area contributed by atoms with Gasteiger partial charge < -0.3 is 9.67 Å². The smallest absolute Gasteiger partial charge is 0.215 e. The lowest BCUT2D eigenvalue weighted by Gasteiger charge is -2.03. The third-order valence-electron chi connectivity index (χ3n) is 3.51. The highest BCUT2D eigenvalue weighted by Gasteiger charge is 2.32. The van der Waals surface area contributed by atoms with Crippen LogP contribution in [-0.2, 0) is 0 Å². The van der Waals surface area contributed by atoms with Crippen LogP contribution in [0.25, 0.3) is 16.6 Å². The van der Waals surface area contributed by atoms with E-state index >= 15 is 0 Å². The number of benzene rings is 2. The van der Waals surface area contributed by atoms with Crippen LogP contribution < -0.4 is 0 Å². The number of ketones is 1. The predicted molar refractivity (Wildman–Crippen MR) is 73.4 cm³/mol. The van der Waals surface area contributed by atoms with Gasteiger partial charge in [0.25, 0.3) is 0 Å². The Morgan fingerprint density at radius 1 is 1.11 bits per heavy atom. The molecule has 0 spiro atoms. The molecule has 0 amide bonds. The van der Waals surface area contributed by atoms with E-state index in [0.717, 1.165) is 11.2 Å². The number of hydrogen-bond donors (Lipinski definition) is 1. The first-order valence-electron chi connectivity index (χ1n) is 5.85. The average Bonchev–Trinajstić information content (AvgIpc) is 2.86. The first-order valence-corrected chi connectivity index (χ1v) is 6.23. The minimum absolute atomic E-state index is 0.0351. The summed E-state index contributed by atoms with van der Waals surface area (Å²) in [6.07, 6.45) is 0. The first kappa shape index (κ1) is 10.6. The first-order chi connectivity index (χ1) is 9.18. The second-order valence-electron chi connectivity index (χ2n) is 4.54. The SMILES string of the molecule is O=C1c2ccc(Cl)cc2-n2c1c(O)c1ccccc12. The van der Waals surface area contributed by atoms with Crippen LogP contribution in [0.2, 0.25) is 5.02 Å². The molecule has 4 rings (SSSR count). The molecule has 1 N–H and O–H groups in total. The molecule has 1 aliphatic heterocycles. The molecular weight excluding hydrogens is 262 g/mol. The molecule has 0 saturated heterocycles. The highest BCUT2D eigenvalue weighted by molar-refractivity contribution is 6.31. The fraction of sp³-hybridized carbons (Fsp3) is 0. The molecule has 1 aromatic heterocycles. The summed E-state index contributed by atoms with van der Waals surface area (Å²) in [5.74, 6) is -0.131. The molecule has 1 aliphatic rings. The zero-order chi connectivity index (χ0) is 13.1. The summed E-state index contributed by atoms with van der Waals surface area (Å²) in [6, 6.07) is 12.5. The molecule has 0 unspecified atom stereocenters. The number of carbonyl (C=O) groups is 1. The molecule has 3 aromatic rings. The summed E-state index contributed by atoms with van der Waals surface area (Å²) in [5, 5.41) is 11.5. The summed E-state index contributed by atoms with van der Waals surface area (Å²) < 4.78 is 1.77. The van der Waals surface area contributed by atoms with E-state index in [-0.39, 0.29) is 11.5 Å². The van der Waals surface area contributed by atoms with E-state index in [1.165, 1.54) is 0 Å². The molecule has 3 nitrogen and oxygen atoms in total. The monoisotopic (exact) mass is 269 g/mol. The topological polar surface area (TPSA) is 42.2 Å². The van der Waals surface area contributed by atoms with Gasteiger partial charge in [0.1, 0.15) is 5.69 Å². The minimum Gasteiger partial charge on any atom is -0.505 e. The Balaban J connectivity index is 2.23. The summed E-state index contributed by atoms with van der Waals surface area (Å²) in [4.78, 5) is 12.4.